The average Bonchev–Trinajstić information content (AvgIpc) is 2.68. The summed E-state index contributed by atoms with van der Waals surface area (Å²) in [6, 6.07) is 1.89. The molecule has 1 aliphatic heterocycles. The highest BCUT2D eigenvalue weighted by Gasteiger charge is 2.28. The second-order valence-corrected chi connectivity index (χ2v) is 5.09. The predicted octanol–water partition coefficient (Wildman–Crippen LogP) is 0.594. The largest absolute Gasteiger partial charge is 0.481 e. The molecule has 1 aromatic heterocycles. The van der Waals surface area contributed by atoms with Crippen LogP contribution in [0.3, 0.4) is 0 Å². The Hall–Kier alpha value is -1.85. The van der Waals surface area contributed by atoms with Crippen molar-refractivity contribution in [3.8, 4) is 0 Å². The number of likely N-dealkylation sites (tertiary alicyclic amines) is 1. The molecule has 1 fully saturated rings. The van der Waals surface area contributed by atoms with Crippen LogP contribution in [0.2, 0.25) is 0 Å². The first kappa shape index (κ1) is 13.6. The van der Waals surface area contributed by atoms with Crippen LogP contribution in [-0.2, 0) is 23.1 Å². The molecule has 1 saturated heterocycles. The first-order valence-electron chi connectivity index (χ1n) is 6.47. The number of aryl methyl sites for hydroxylation is 2. The summed E-state index contributed by atoms with van der Waals surface area (Å²) in [5.74, 6) is -1.26. The molecule has 0 saturated carbocycles. The third kappa shape index (κ3) is 3.13. The number of aromatic nitrogens is 2. The summed E-state index contributed by atoms with van der Waals surface area (Å²) in [4.78, 5) is 24.8. The van der Waals surface area contributed by atoms with E-state index in [9.17, 15) is 9.59 Å². The van der Waals surface area contributed by atoms with Gasteiger partial charge in [-0.2, -0.15) is 5.10 Å². The van der Waals surface area contributed by atoms with Crippen molar-refractivity contribution >= 4 is 11.9 Å². The van der Waals surface area contributed by atoms with Crippen LogP contribution in [0.15, 0.2) is 6.07 Å². The molecule has 0 bridgehead atoms. The van der Waals surface area contributed by atoms with Gasteiger partial charge in [-0.3, -0.25) is 14.3 Å². The molecule has 0 aliphatic carbocycles. The van der Waals surface area contributed by atoms with Crippen LogP contribution in [0.25, 0.3) is 0 Å². The van der Waals surface area contributed by atoms with Gasteiger partial charge in [0.15, 0.2) is 0 Å². The van der Waals surface area contributed by atoms with E-state index >= 15 is 0 Å². The van der Waals surface area contributed by atoms with E-state index in [1.54, 1.807) is 9.58 Å². The van der Waals surface area contributed by atoms with Gasteiger partial charge < -0.3 is 10.0 Å². The minimum atomic E-state index is -0.811. The summed E-state index contributed by atoms with van der Waals surface area (Å²) in [6.07, 6.45) is 1.70. The van der Waals surface area contributed by atoms with Crippen molar-refractivity contribution in [1.82, 2.24) is 14.7 Å². The predicted molar refractivity (Wildman–Crippen MR) is 68.6 cm³/mol. The molecule has 0 spiro atoms. The molecule has 6 nitrogen and oxygen atoms in total. The number of hydrogen-bond donors (Lipinski definition) is 1. The molecule has 1 aromatic rings. The van der Waals surface area contributed by atoms with Crippen LogP contribution in [-0.4, -0.2) is 44.8 Å². The summed E-state index contributed by atoms with van der Waals surface area (Å²) >= 11 is 0. The third-order valence-electron chi connectivity index (χ3n) is 3.55. The van der Waals surface area contributed by atoms with Crippen LogP contribution in [0.5, 0.6) is 0 Å². The number of rotatable bonds is 3. The Morgan fingerprint density at radius 2 is 2.26 bits per heavy atom. The van der Waals surface area contributed by atoms with Crippen molar-refractivity contribution in [3.05, 3.63) is 17.5 Å². The molecule has 1 atom stereocenters. The molecule has 2 rings (SSSR count). The first-order chi connectivity index (χ1) is 8.97. The lowest BCUT2D eigenvalue weighted by molar-refractivity contribution is -0.145. The van der Waals surface area contributed by atoms with Gasteiger partial charge in [0.2, 0.25) is 5.91 Å². The summed E-state index contributed by atoms with van der Waals surface area (Å²) in [7, 11) is 1.81. The van der Waals surface area contributed by atoms with Gasteiger partial charge in [0.25, 0.3) is 0 Å². The second kappa shape index (κ2) is 5.42. The Morgan fingerprint density at radius 1 is 1.53 bits per heavy atom. The maximum atomic E-state index is 12.2. The summed E-state index contributed by atoms with van der Waals surface area (Å²) in [5, 5.41) is 13.2. The molecular weight excluding hydrogens is 246 g/mol. The molecule has 1 unspecified atom stereocenters. The van der Waals surface area contributed by atoms with Crippen molar-refractivity contribution < 1.29 is 14.7 Å². The van der Waals surface area contributed by atoms with E-state index in [1.165, 1.54) is 0 Å². The number of carbonyl (C=O) groups excluding carboxylic acids is 1. The smallest absolute Gasteiger partial charge is 0.308 e. The summed E-state index contributed by atoms with van der Waals surface area (Å²) in [5.41, 5.74) is 1.74. The van der Waals surface area contributed by atoms with E-state index < -0.39 is 11.9 Å². The molecule has 0 radical (unpaired) electrons. The van der Waals surface area contributed by atoms with Gasteiger partial charge in [0.05, 0.1) is 18.0 Å². The van der Waals surface area contributed by atoms with Crippen molar-refractivity contribution in [3.63, 3.8) is 0 Å². The third-order valence-corrected chi connectivity index (χ3v) is 3.55. The fraction of sp³-hybridized carbons (Fsp3) is 0.615. The van der Waals surface area contributed by atoms with Crippen LogP contribution in [0, 0.1) is 12.8 Å². The Labute approximate surface area is 112 Å². The van der Waals surface area contributed by atoms with Gasteiger partial charge in [-0.25, -0.2) is 0 Å². The molecule has 104 valence electrons. The highest BCUT2D eigenvalue weighted by atomic mass is 16.4. The van der Waals surface area contributed by atoms with Crippen LogP contribution < -0.4 is 0 Å². The highest BCUT2D eigenvalue weighted by Crippen LogP contribution is 2.17. The summed E-state index contributed by atoms with van der Waals surface area (Å²) < 4.78 is 1.70. The minimum absolute atomic E-state index is 0.0195. The lowest BCUT2D eigenvalue weighted by Gasteiger charge is -2.30. The van der Waals surface area contributed by atoms with Gasteiger partial charge in [-0.1, -0.05) is 0 Å². The zero-order chi connectivity index (χ0) is 14.0. The van der Waals surface area contributed by atoms with E-state index in [-0.39, 0.29) is 12.3 Å². The monoisotopic (exact) mass is 265 g/mol. The molecule has 0 aromatic carbocycles. The van der Waals surface area contributed by atoms with Gasteiger partial charge in [-0.15, -0.1) is 0 Å². The maximum Gasteiger partial charge on any atom is 0.308 e. The van der Waals surface area contributed by atoms with Crippen molar-refractivity contribution in [2.45, 2.75) is 26.2 Å². The maximum absolute atomic E-state index is 12.2. The Bertz CT molecular complexity index is 495. The van der Waals surface area contributed by atoms with E-state index in [1.807, 2.05) is 20.0 Å². The normalized spacial score (nSPS) is 19.5. The van der Waals surface area contributed by atoms with Gasteiger partial charge in [-0.05, 0) is 25.8 Å². The Morgan fingerprint density at radius 3 is 2.84 bits per heavy atom. The SMILES string of the molecule is Cc1cc(CC(=O)N2CCCC(C(=O)O)C2)n(C)n1. The number of hydrogen-bond acceptors (Lipinski definition) is 3. The quantitative estimate of drug-likeness (QED) is 0.868. The zero-order valence-corrected chi connectivity index (χ0v) is 11.3. The standard InChI is InChI=1S/C13H19N3O3/c1-9-6-11(15(2)14-9)7-12(17)16-5-3-4-10(8-16)13(18)19/h6,10H,3-5,7-8H2,1-2H3,(H,18,19). The minimum Gasteiger partial charge on any atom is -0.481 e. The molecule has 1 amide bonds. The number of carboxylic acids is 1. The number of amides is 1. The topological polar surface area (TPSA) is 75.4 Å². The molecule has 6 heteroatoms. The fourth-order valence-electron chi connectivity index (χ4n) is 2.50. The zero-order valence-electron chi connectivity index (χ0n) is 11.3. The van der Waals surface area contributed by atoms with E-state index in [2.05, 4.69) is 5.10 Å². The van der Waals surface area contributed by atoms with Crippen LogP contribution >= 0.6 is 0 Å². The molecule has 2 heterocycles. The number of nitrogens with zero attached hydrogens (tertiary/aromatic N) is 3. The van der Waals surface area contributed by atoms with Crippen LogP contribution in [0.1, 0.15) is 24.2 Å². The van der Waals surface area contributed by atoms with Crippen molar-refractivity contribution in [1.29, 1.82) is 0 Å². The molecule has 1 N–H and O–H groups in total. The molecule has 1 aliphatic rings. The average molecular weight is 265 g/mol. The van der Waals surface area contributed by atoms with E-state index in [0.29, 0.717) is 19.5 Å². The van der Waals surface area contributed by atoms with Gasteiger partial charge in [0.1, 0.15) is 0 Å². The van der Waals surface area contributed by atoms with E-state index in [4.69, 9.17) is 5.11 Å². The van der Waals surface area contributed by atoms with E-state index in [0.717, 1.165) is 17.8 Å². The van der Waals surface area contributed by atoms with Crippen molar-refractivity contribution in [2.24, 2.45) is 13.0 Å². The first-order valence-corrected chi connectivity index (χ1v) is 6.47. The molecular formula is C13H19N3O3. The Kier molecular flexibility index (Phi) is 3.87. The fourth-order valence-corrected chi connectivity index (χ4v) is 2.50. The lowest BCUT2D eigenvalue weighted by atomic mass is 9.98. The lowest BCUT2D eigenvalue weighted by Crippen LogP contribution is -2.43. The number of aliphatic carboxylic acids is 1. The van der Waals surface area contributed by atoms with Gasteiger partial charge >= 0.3 is 5.97 Å². The second-order valence-electron chi connectivity index (χ2n) is 5.09. The highest BCUT2D eigenvalue weighted by molar-refractivity contribution is 5.79. The van der Waals surface area contributed by atoms with Crippen molar-refractivity contribution in [2.75, 3.05) is 13.1 Å². The number of carbonyl (C=O) groups is 2. The summed E-state index contributed by atoms with van der Waals surface area (Å²) in [6.45, 7) is 2.86. The Balaban J connectivity index is 2.00. The number of carboxylic acid groups (broad SMARTS) is 1. The van der Waals surface area contributed by atoms with Gasteiger partial charge in [0, 0.05) is 25.8 Å². The molecule has 19 heavy (non-hydrogen) atoms. The van der Waals surface area contributed by atoms with Crippen LogP contribution in [0.4, 0.5) is 0 Å². The number of piperidine rings is 1.